The molecule has 0 bridgehead atoms. The molecule has 0 aromatic heterocycles. The van der Waals surface area contributed by atoms with E-state index in [0.29, 0.717) is 5.56 Å². The average molecular weight is 313 g/mol. The smallest absolute Gasteiger partial charge is 0.318 e. The summed E-state index contributed by atoms with van der Waals surface area (Å²) in [5.74, 6) is -1.16. The Morgan fingerprint density at radius 3 is 2.29 bits per heavy atom. The van der Waals surface area contributed by atoms with Crippen molar-refractivity contribution in [3.05, 3.63) is 29.3 Å². The number of aliphatic carboxylic acids is 1. The van der Waals surface area contributed by atoms with E-state index < -0.39 is 22.5 Å². The van der Waals surface area contributed by atoms with Gasteiger partial charge in [-0.25, -0.2) is 8.42 Å². The third kappa shape index (κ3) is 4.04. The summed E-state index contributed by atoms with van der Waals surface area (Å²) < 4.78 is 26.3. The van der Waals surface area contributed by atoms with Crippen molar-refractivity contribution in [2.24, 2.45) is 0 Å². The fraction of sp³-hybridized carbons (Fsp3) is 0.533. The van der Waals surface area contributed by atoms with Crippen LogP contribution in [-0.2, 0) is 20.2 Å². The summed E-state index contributed by atoms with van der Waals surface area (Å²) >= 11 is 0. The molecule has 0 aliphatic carbocycles. The summed E-state index contributed by atoms with van der Waals surface area (Å²) in [6.45, 7) is 8.94. The molecule has 0 fully saturated rings. The lowest BCUT2D eigenvalue weighted by Gasteiger charge is -2.23. The van der Waals surface area contributed by atoms with E-state index in [4.69, 9.17) is 5.11 Å². The van der Waals surface area contributed by atoms with Crippen LogP contribution in [0.3, 0.4) is 0 Å². The molecule has 0 amide bonds. The summed E-state index contributed by atoms with van der Waals surface area (Å²) in [4.78, 5) is 11.0. The van der Waals surface area contributed by atoms with Crippen molar-refractivity contribution in [2.75, 3.05) is 13.1 Å². The molecular weight excluding hydrogens is 290 g/mol. The quantitative estimate of drug-likeness (QED) is 0.905. The number of hydrogen-bond donors (Lipinski definition) is 1. The van der Waals surface area contributed by atoms with Gasteiger partial charge in [-0.3, -0.25) is 4.79 Å². The lowest BCUT2D eigenvalue weighted by Crippen LogP contribution is -2.36. The average Bonchev–Trinajstić information content (AvgIpc) is 2.34. The van der Waals surface area contributed by atoms with E-state index in [1.54, 1.807) is 26.0 Å². The van der Waals surface area contributed by atoms with E-state index in [-0.39, 0.29) is 16.9 Å². The van der Waals surface area contributed by atoms with Crippen LogP contribution in [0.5, 0.6) is 0 Å². The Morgan fingerprint density at radius 2 is 1.86 bits per heavy atom. The second-order valence-electron chi connectivity index (χ2n) is 6.06. The minimum absolute atomic E-state index is 0.119. The molecule has 0 radical (unpaired) electrons. The zero-order valence-electron chi connectivity index (χ0n) is 13.2. The number of rotatable bonds is 5. The van der Waals surface area contributed by atoms with Crippen LogP contribution in [0.15, 0.2) is 23.1 Å². The molecule has 0 unspecified atom stereocenters. The van der Waals surface area contributed by atoms with Crippen LogP contribution in [-0.4, -0.2) is 36.9 Å². The minimum atomic E-state index is -3.81. The van der Waals surface area contributed by atoms with Crippen molar-refractivity contribution in [3.63, 3.8) is 0 Å². The number of likely N-dealkylation sites (N-methyl/N-ethyl adjacent to an activating group) is 1. The van der Waals surface area contributed by atoms with Crippen molar-refractivity contribution in [3.8, 4) is 0 Å². The molecular formula is C15H23NO4S. The van der Waals surface area contributed by atoms with Crippen molar-refractivity contribution in [1.82, 2.24) is 4.31 Å². The van der Waals surface area contributed by atoms with E-state index in [1.807, 2.05) is 26.8 Å². The molecule has 0 atom stereocenters. The molecule has 1 N–H and O–H groups in total. The van der Waals surface area contributed by atoms with Gasteiger partial charge in [-0.2, -0.15) is 4.31 Å². The second-order valence-corrected chi connectivity index (χ2v) is 7.96. The maximum Gasteiger partial charge on any atom is 0.318 e. The maximum absolute atomic E-state index is 12.7. The van der Waals surface area contributed by atoms with E-state index in [2.05, 4.69) is 0 Å². The van der Waals surface area contributed by atoms with Crippen LogP contribution in [0, 0.1) is 6.92 Å². The summed E-state index contributed by atoms with van der Waals surface area (Å²) in [6, 6.07) is 5.32. The van der Waals surface area contributed by atoms with Gasteiger partial charge >= 0.3 is 5.97 Å². The highest BCUT2D eigenvalue weighted by Crippen LogP contribution is 2.28. The number of carboxylic acid groups (broad SMARTS) is 1. The third-order valence-electron chi connectivity index (χ3n) is 3.34. The molecule has 0 saturated heterocycles. The van der Waals surface area contributed by atoms with Gasteiger partial charge in [0.2, 0.25) is 10.0 Å². The maximum atomic E-state index is 12.7. The SMILES string of the molecule is CCN(CC(=O)O)S(=O)(=O)c1cc(C(C)(C)C)ccc1C. The van der Waals surface area contributed by atoms with Crippen LogP contribution in [0.25, 0.3) is 0 Å². The molecule has 21 heavy (non-hydrogen) atoms. The van der Waals surface area contributed by atoms with Gasteiger partial charge in [0.1, 0.15) is 6.54 Å². The van der Waals surface area contributed by atoms with E-state index in [1.165, 1.54) is 0 Å². The fourth-order valence-electron chi connectivity index (χ4n) is 2.00. The number of carboxylic acids is 1. The monoisotopic (exact) mass is 313 g/mol. The first kappa shape index (κ1) is 17.7. The van der Waals surface area contributed by atoms with Crippen LogP contribution < -0.4 is 0 Å². The van der Waals surface area contributed by atoms with E-state index >= 15 is 0 Å². The molecule has 1 rings (SSSR count). The Bertz CT molecular complexity index is 630. The number of sulfonamides is 1. The number of nitrogens with zero attached hydrogens (tertiary/aromatic N) is 1. The highest BCUT2D eigenvalue weighted by Gasteiger charge is 2.28. The normalized spacial score (nSPS) is 12.7. The Kier molecular flexibility index (Phi) is 5.17. The highest BCUT2D eigenvalue weighted by molar-refractivity contribution is 7.89. The van der Waals surface area contributed by atoms with Crippen molar-refractivity contribution in [2.45, 2.75) is 44.9 Å². The number of benzene rings is 1. The second kappa shape index (κ2) is 6.15. The summed E-state index contributed by atoms with van der Waals surface area (Å²) in [5.41, 5.74) is 1.34. The van der Waals surface area contributed by atoms with Crippen molar-refractivity contribution < 1.29 is 18.3 Å². The molecule has 0 aliphatic heterocycles. The van der Waals surface area contributed by atoms with E-state index in [9.17, 15) is 13.2 Å². The minimum Gasteiger partial charge on any atom is -0.480 e. The lowest BCUT2D eigenvalue weighted by molar-refractivity contribution is -0.137. The molecule has 1 aromatic carbocycles. The van der Waals surface area contributed by atoms with Crippen LogP contribution in [0.1, 0.15) is 38.8 Å². The van der Waals surface area contributed by atoms with Crippen LogP contribution in [0.2, 0.25) is 0 Å². The van der Waals surface area contributed by atoms with Crippen LogP contribution >= 0.6 is 0 Å². The van der Waals surface area contributed by atoms with Gasteiger partial charge in [-0.1, -0.05) is 39.8 Å². The van der Waals surface area contributed by atoms with Gasteiger partial charge in [-0.15, -0.1) is 0 Å². The predicted molar refractivity (Wildman–Crippen MR) is 81.9 cm³/mol. The first-order valence-corrected chi connectivity index (χ1v) is 8.27. The number of carbonyl (C=O) groups is 1. The zero-order chi connectivity index (χ0) is 16.4. The Balaban J connectivity index is 3.39. The standard InChI is InChI=1S/C15H23NO4S/c1-6-16(10-14(17)18)21(19,20)13-9-12(15(3,4)5)8-7-11(13)2/h7-9H,6,10H2,1-5H3,(H,17,18). The third-order valence-corrected chi connectivity index (χ3v) is 5.40. The molecule has 6 heteroatoms. The van der Waals surface area contributed by atoms with E-state index in [0.717, 1.165) is 9.87 Å². The lowest BCUT2D eigenvalue weighted by atomic mass is 9.87. The highest BCUT2D eigenvalue weighted by atomic mass is 32.2. The first-order chi connectivity index (χ1) is 9.50. The first-order valence-electron chi connectivity index (χ1n) is 6.83. The zero-order valence-corrected chi connectivity index (χ0v) is 14.0. The number of hydrogen-bond acceptors (Lipinski definition) is 3. The number of aryl methyl sites for hydroxylation is 1. The Hall–Kier alpha value is -1.40. The summed E-state index contributed by atoms with van der Waals surface area (Å²) in [7, 11) is -3.81. The Labute approximate surface area is 126 Å². The van der Waals surface area contributed by atoms with Crippen LogP contribution in [0.4, 0.5) is 0 Å². The molecule has 0 aliphatic rings. The van der Waals surface area contributed by atoms with Gasteiger partial charge in [0.25, 0.3) is 0 Å². The molecule has 1 aromatic rings. The molecule has 0 spiro atoms. The predicted octanol–water partition coefficient (Wildman–Crippen LogP) is 2.39. The molecule has 0 saturated carbocycles. The topological polar surface area (TPSA) is 74.7 Å². The largest absolute Gasteiger partial charge is 0.480 e. The Morgan fingerprint density at radius 1 is 1.29 bits per heavy atom. The van der Waals surface area contributed by atoms with Gasteiger partial charge < -0.3 is 5.11 Å². The van der Waals surface area contributed by atoms with Gasteiger partial charge in [0.05, 0.1) is 4.90 Å². The summed E-state index contributed by atoms with van der Waals surface area (Å²) in [5, 5.41) is 8.87. The fourth-order valence-corrected chi connectivity index (χ4v) is 3.65. The molecule has 0 heterocycles. The van der Waals surface area contributed by atoms with Crippen molar-refractivity contribution in [1.29, 1.82) is 0 Å². The molecule has 5 nitrogen and oxygen atoms in total. The van der Waals surface area contributed by atoms with Gasteiger partial charge in [0.15, 0.2) is 0 Å². The van der Waals surface area contributed by atoms with Gasteiger partial charge in [0, 0.05) is 6.54 Å². The molecule has 118 valence electrons. The summed E-state index contributed by atoms with van der Waals surface area (Å²) in [6.07, 6.45) is 0. The van der Waals surface area contributed by atoms with Crippen molar-refractivity contribution >= 4 is 16.0 Å². The van der Waals surface area contributed by atoms with Gasteiger partial charge in [-0.05, 0) is 29.5 Å².